The van der Waals surface area contributed by atoms with Gasteiger partial charge in [-0.15, -0.1) is 11.3 Å². The highest BCUT2D eigenvalue weighted by Crippen LogP contribution is 2.19. The molecule has 6 heteroatoms. The van der Waals surface area contributed by atoms with Crippen LogP contribution in [-0.2, 0) is 6.42 Å². The van der Waals surface area contributed by atoms with Crippen molar-refractivity contribution in [2.45, 2.75) is 11.6 Å². The largest absolute Gasteiger partial charge is 0.477 e. The summed E-state index contributed by atoms with van der Waals surface area (Å²) in [5, 5.41) is 3.10. The molecule has 2 heterocycles. The number of rotatable bonds is 5. The number of nitrogens with zero attached hydrogens (tertiary/aromatic N) is 2. The van der Waals surface area contributed by atoms with Gasteiger partial charge in [0, 0.05) is 17.4 Å². The molecular formula is C11H11ClN2OS2. The molecule has 0 aromatic carbocycles. The molecule has 0 aliphatic heterocycles. The number of hydrogen-bond donors (Lipinski definition) is 0. The monoisotopic (exact) mass is 286 g/mol. The van der Waals surface area contributed by atoms with Gasteiger partial charge >= 0.3 is 0 Å². The summed E-state index contributed by atoms with van der Waals surface area (Å²) in [5.41, 5.74) is 0. The van der Waals surface area contributed by atoms with E-state index >= 15 is 0 Å². The Bertz CT molecular complexity index is 476. The molecule has 0 saturated heterocycles. The Labute approximate surface area is 113 Å². The molecule has 0 aliphatic carbocycles. The molecule has 0 saturated carbocycles. The fraction of sp³-hybridized carbons (Fsp3) is 0.273. The van der Waals surface area contributed by atoms with Crippen LogP contribution in [0.4, 0.5) is 0 Å². The molecular weight excluding hydrogens is 276 g/mol. The van der Waals surface area contributed by atoms with Gasteiger partial charge in [0.15, 0.2) is 5.16 Å². The molecule has 0 unspecified atom stereocenters. The minimum atomic E-state index is 0.412. The van der Waals surface area contributed by atoms with E-state index in [-0.39, 0.29) is 0 Å². The molecule has 2 rings (SSSR count). The van der Waals surface area contributed by atoms with Gasteiger partial charge in [0.25, 0.3) is 0 Å². The van der Waals surface area contributed by atoms with Crippen molar-refractivity contribution in [1.82, 2.24) is 9.97 Å². The van der Waals surface area contributed by atoms with Crippen LogP contribution in [0.1, 0.15) is 4.88 Å². The van der Waals surface area contributed by atoms with Crippen LogP contribution in [0.25, 0.3) is 0 Å². The van der Waals surface area contributed by atoms with E-state index in [1.165, 1.54) is 16.6 Å². The van der Waals surface area contributed by atoms with Crippen molar-refractivity contribution in [2.24, 2.45) is 0 Å². The predicted molar refractivity (Wildman–Crippen MR) is 72.3 cm³/mol. The average molecular weight is 287 g/mol. The molecule has 17 heavy (non-hydrogen) atoms. The van der Waals surface area contributed by atoms with Crippen LogP contribution in [0, 0.1) is 0 Å². The Kier molecular flexibility index (Phi) is 4.65. The van der Waals surface area contributed by atoms with Crippen LogP contribution in [0.2, 0.25) is 5.15 Å². The van der Waals surface area contributed by atoms with Crippen molar-refractivity contribution in [2.75, 3.05) is 12.9 Å². The van der Waals surface area contributed by atoms with Crippen molar-refractivity contribution in [3.05, 3.63) is 33.6 Å². The van der Waals surface area contributed by atoms with Crippen LogP contribution in [0.3, 0.4) is 0 Å². The van der Waals surface area contributed by atoms with Crippen molar-refractivity contribution in [3.8, 4) is 5.88 Å². The Balaban J connectivity index is 1.92. The van der Waals surface area contributed by atoms with Gasteiger partial charge in [-0.25, -0.2) is 4.98 Å². The number of ether oxygens (including phenoxy) is 1. The molecule has 2 aromatic heterocycles. The van der Waals surface area contributed by atoms with Gasteiger partial charge in [-0.05, 0) is 17.7 Å². The standard InChI is InChI=1S/C11H11ClN2OS2/c1-16-11-13-9(12)7-10(14-11)15-5-4-8-3-2-6-17-8/h2-3,6-7H,4-5H2,1H3. The first kappa shape index (κ1) is 12.7. The van der Waals surface area contributed by atoms with E-state index < -0.39 is 0 Å². The number of hydrogen-bond acceptors (Lipinski definition) is 5. The van der Waals surface area contributed by atoms with Crippen LogP contribution in [-0.4, -0.2) is 22.8 Å². The van der Waals surface area contributed by atoms with E-state index in [2.05, 4.69) is 21.4 Å². The maximum absolute atomic E-state index is 5.86. The molecule has 0 spiro atoms. The van der Waals surface area contributed by atoms with Gasteiger partial charge in [-0.1, -0.05) is 29.4 Å². The summed E-state index contributed by atoms with van der Waals surface area (Å²) in [6, 6.07) is 5.76. The summed E-state index contributed by atoms with van der Waals surface area (Å²) < 4.78 is 5.56. The first-order chi connectivity index (χ1) is 8.28. The second-order valence-corrected chi connectivity index (χ2v) is 5.39. The predicted octanol–water partition coefficient (Wildman–Crippen LogP) is 3.53. The fourth-order valence-electron chi connectivity index (χ4n) is 1.25. The van der Waals surface area contributed by atoms with E-state index in [0.717, 1.165) is 6.42 Å². The smallest absolute Gasteiger partial charge is 0.218 e. The number of thioether (sulfide) groups is 1. The Hall–Kier alpha value is -0.780. The van der Waals surface area contributed by atoms with Crippen LogP contribution in [0.15, 0.2) is 28.7 Å². The third kappa shape index (κ3) is 3.87. The zero-order valence-electron chi connectivity index (χ0n) is 9.22. The number of thiophene rings is 1. The van der Waals surface area contributed by atoms with Gasteiger partial charge < -0.3 is 4.74 Å². The highest BCUT2D eigenvalue weighted by atomic mass is 35.5. The average Bonchev–Trinajstić information content (AvgIpc) is 2.81. The summed E-state index contributed by atoms with van der Waals surface area (Å²) in [5.74, 6) is 0.533. The lowest BCUT2D eigenvalue weighted by molar-refractivity contribution is 0.307. The summed E-state index contributed by atoms with van der Waals surface area (Å²) >= 11 is 9.03. The molecule has 0 N–H and O–H groups in total. The maximum Gasteiger partial charge on any atom is 0.218 e. The minimum Gasteiger partial charge on any atom is -0.477 e. The molecule has 2 aromatic rings. The molecule has 0 bridgehead atoms. The van der Waals surface area contributed by atoms with Crippen LogP contribution in [0.5, 0.6) is 5.88 Å². The van der Waals surface area contributed by atoms with Crippen LogP contribution < -0.4 is 4.74 Å². The van der Waals surface area contributed by atoms with Gasteiger partial charge in [0.2, 0.25) is 5.88 Å². The zero-order chi connectivity index (χ0) is 12.1. The van der Waals surface area contributed by atoms with E-state index in [4.69, 9.17) is 16.3 Å². The lowest BCUT2D eigenvalue weighted by Gasteiger charge is -2.05. The van der Waals surface area contributed by atoms with Gasteiger partial charge in [0.05, 0.1) is 6.61 Å². The quantitative estimate of drug-likeness (QED) is 0.478. The lowest BCUT2D eigenvalue weighted by atomic mass is 10.4. The fourth-order valence-corrected chi connectivity index (χ4v) is 2.54. The minimum absolute atomic E-state index is 0.412. The van der Waals surface area contributed by atoms with Gasteiger partial charge in [-0.2, -0.15) is 4.98 Å². The number of halogens is 1. The highest BCUT2D eigenvalue weighted by Gasteiger charge is 2.03. The van der Waals surface area contributed by atoms with Crippen molar-refractivity contribution in [1.29, 1.82) is 0 Å². The van der Waals surface area contributed by atoms with E-state index in [0.29, 0.717) is 22.8 Å². The normalized spacial score (nSPS) is 10.5. The van der Waals surface area contributed by atoms with Crippen molar-refractivity contribution < 1.29 is 4.74 Å². The van der Waals surface area contributed by atoms with Gasteiger partial charge in [-0.3, -0.25) is 0 Å². The SMILES string of the molecule is CSc1nc(Cl)cc(OCCc2cccs2)n1. The van der Waals surface area contributed by atoms with Crippen LogP contribution >= 0.6 is 34.7 Å². The molecule has 0 fully saturated rings. The Morgan fingerprint density at radius 1 is 1.47 bits per heavy atom. The van der Waals surface area contributed by atoms with E-state index in [1.54, 1.807) is 17.4 Å². The zero-order valence-corrected chi connectivity index (χ0v) is 11.6. The second kappa shape index (κ2) is 6.23. The highest BCUT2D eigenvalue weighted by molar-refractivity contribution is 7.98. The summed E-state index contributed by atoms with van der Waals surface area (Å²) in [7, 11) is 0. The lowest BCUT2D eigenvalue weighted by Crippen LogP contribution is -2.02. The summed E-state index contributed by atoms with van der Waals surface area (Å²) in [4.78, 5) is 9.57. The Morgan fingerprint density at radius 3 is 3.06 bits per heavy atom. The molecule has 3 nitrogen and oxygen atoms in total. The molecule has 0 radical (unpaired) electrons. The first-order valence-corrected chi connectivity index (χ1v) is 7.50. The third-order valence-corrected chi connectivity index (χ3v) is 3.69. The maximum atomic E-state index is 5.86. The van der Waals surface area contributed by atoms with E-state index in [9.17, 15) is 0 Å². The van der Waals surface area contributed by atoms with Crippen molar-refractivity contribution in [3.63, 3.8) is 0 Å². The summed E-state index contributed by atoms with van der Waals surface area (Å²) in [6.07, 6.45) is 2.79. The first-order valence-electron chi connectivity index (χ1n) is 5.01. The summed E-state index contributed by atoms with van der Waals surface area (Å²) in [6.45, 7) is 0.599. The molecule has 0 aliphatic rings. The molecule has 0 atom stereocenters. The van der Waals surface area contributed by atoms with Gasteiger partial charge in [0.1, 0.15) is 5.15 Å². The third-order valence-electron chi connectivity index (χ3n) is 2.01. The van der Waals surface area contributed by atoms with E-state index in [1.807, 2.05) is 12.3 Å². The molecule has 90 valence electrons. The Morgan fingerprint density at radius 2 is 2.35 bits per heavy atom. The second-order valence-electron chi connectivity index (χ2n) is 3.19. The molecule has 0 amide bonds. The number of aromatic nitrogens is 2. The van der Waals surface area contributed by atoms with Crippen molar-refractivity contribution >= 4 is 34.7 Å². The topological polar surface area (TPSA) is 35.0 Å².